The molecule has 2 heteroatoms. The Labute approximate surface area is 72.9 Å². The van der Waals surface area contributed by atoms with Crippen LogP contribution in [0.2, 0.25) is 0 Å². The Morgan fingerprint density at radius 2 is 2.00 bits per heavy atom. The molecule has 0 spiro atoms. The van der Waals surface area contributed by atoms with E-state index >= 15 is 0 Å². The van der Waals surface area contributed by atoms with Crippen molar-refractivity contribution in [1.29, 1.82) is 0 Å². The highest BCUT2D eigenvalue weighted by Gasteiger charge is 1.97. The summed E-state index contributed by atoms with van der Waals surface area (Å²) in [6, 6.07) is 0. The maximum Gasteiger partial charge on any atom is 0.307 e. The number of allylic oxidation sites excluding steroid dienone is 5. The van der Waals surface area contributed by atoms with E-state index in [9.17, 15) is 4.79 Å². The number of hydrogen-bond donors (Lipinski definition) is 1. The van der Waals surface area contributed by atoms with Gasteiger partial charge in [-0.15, -0.1) is 0 Å². The van der Waals surface area contributed by atoms with Gasteiger partial charge in [-0.25, -0.2) is 0 Å². The molecule has 0 atom stereocenters. The second-order valence-electron chi connectivity index (χ2n) is 2.32. The van der Waals surface area contributed by atoms with E-state index in [4.69, 9.17) is 5.11 Å². The molecule has 1 N–H and O–H groups in total. The minimum atomic E-state index is -0.798. The molecule has 0 saturated heterocycles. The smallest absolute Gasteiger partial charge is 0.307 e. The second-order valence-corrected chi connectivity index (χ2v) is 2.32. The molecule has 0 heterocycles. The summed E-state index contributed by atoms with van der Waals surface area (Å²) in [6.07, 6.45) is 9.28. The number of carboxylic acids is 1. The van der Waals surface area contributed by atoms with Crippen LogP contribution in [0.15, 0.2) is 36.0 Å². The van der Waals surface area contributed by atoms with E-state index in [0.29, 0.717) is 0 Å². The highest BCUT2D eigenvalue weighted by molar-refractivity contribution is 5.70. The summed E-state index contributed by atoms with van der Waals surface area (Å²) in [7, 11) is 0. The van der Waals surface area contributed by atoms with Crippen molar-refractivity contribution < 1.29 is 9.90 Å². The van der Waals surface area contributed by atoms with Gasteiger partial charge in [-0.05, 0) is 19.4 Å². The zero-order valence-corrected chi connectivity index (χ0v) is 7.45. The number of hydrogen-bond acceptors (Lipinski definition) is 1. The number of rotatable bonds is 4. The first-order valence-corrected chi connectivity index (χ1v) is 3.87. The minimum Gasteiger partial charge on any atom is -0.481 e. The van der Waals surface area contributed by atoms with E-state index in [2.05, 4.69) is 0 Å². The lowest BCUT2D eigenvalue weighted by molar-refractivity contribution is -0.136. The second kappa shape index (κ2) is 6.40. The third-order valence-electron chi connectivity index (χ3n) is 1.34. The third kappa shape index (κ3) is 5.47. The van der Waals surface area contributed by atoms with Gasteiger partial charge in [0.1, 0.15) is 0 Å². The Kier molecular flexibility index (Phi) is 5.70. The molecule has 0 saturated carbocycles. The van der Waals surface area contributed by atoms with Crippen molar-refractivity contribution in [2.75, 3.05) is 0 Å². The molecule has 66 valence electrons. The monoisotopic (exact) mass is 166 g/mol. The number of aliphatic carboxylic acids is 1. The average molecular weight is 166 g/mol. The average Bonchev–Trinajstić information content (AvgIpc) is 2.02. The maximum absolute atomic E-state index is 10.3. The molecule has 0 rings (SSSR count). The highest BCUT2D eigenvalue weighted by Crippen LogP contribution is 2.02. The van der Waals surface area contributed by atoms with Crippen LogP contribution in [0, 0.1) is 0 Å². The van der Waals surface area contributed by atoms with Crippen LogP contribution in [-0.2, 0) is 4.79 Å². The van der Waals surface area contributed by atoms with Crippen LogP contribution in [0.25, 0.3) is 0 Å². The standard InChI is InChI=1S/C10H14O2/c1-3-5-6-7-9(4-2)8-10(11)12/h3-7H,8H2,1-2H3,(H,11,12)/b5-3+,7-6+,9-4+. The van der Waals surface area contributed by atoms with E-state index in [1.807, 2.05) is 32.1 Å². The van der Waals surface area contributed by atoms with Gasteiger partial charge in [-0.3, -0.25) is 4.79 Å². The summed E-state index contributed by atoms with van der Waals surface area (Å²) in [5.41, 5.74) is 0.820. The molecule has 0 bridgehead atoms. The zero-order chi connectivity index (χ0) is 9.40. The van der Waals surface area contributed by atoms with Crippen molar-refractivity contribution in [3.8, 4) is 0 Å². The van der Waals surface area contributed by atoms with Gasteiger partial charge in [0.05, 0.1) is 6.42 Å². The van der Waals surface area contributed by atoms with Gasteiger partial charge in [-0.2, -0.15) is 0 Å². The first kappa shape index (κ1) is 10.7. The SMILES string of the molecule is C\C=C(/C=C/C=C/C)CC(=O)O. The van der Waals surface area contributed by atoms with Crippen molar-refractivity contribution >= 4 is 5.97 Å². The molecule has 0 unspecified atom stereocenters. The largest absolute Gasteiger partial charge is 0.481 e. The minimum absolute atomic E-state index is 0.0879. The molecule has 0 aromatic carbocycles. The van der Waals surface area contributed by atoms with Gasteiger partial charge in [0.25, 0.3) is 0 Å². The van der Waals surface area contributed by atoms with Gasteiger partial charge >= 0.3 is 5.97 Å². The quantitative estimate of drug-likeness (QED) is 0.651. The Morgan fingerprint density at radius 1 is 1.33 bits per heavy atom. The van der Waals surface area contributed by atoms with Gasteiger partial charge in [0.2, 0.25) is 0 Å². The predicted octanol–water partition coefficient (Wildman–Crippen LogP) is 2.54. The normalized spacial score (nSPS) is 13.0. The fourth-order valence-corrected chi connectivity index (χ4v) is 0.722. The highest BCUT2D eigenvalue weighted by atomic mass is 16.4. The Balaban J connectivity index is 4.10. The molecule has 0 aromatic rings. The summed E-state index contributed by atoms with van der Waals surface area (Å²) in [5.74, 6) is -0.798. The van der Waals surface area contributed by atoms with Crippen LogP contribution < -0.4 is 0 Å². The van der Waals surface area contributed by atoms with Crippen molar-refractivity contribution in [3.05, 3.63) is 36.0 Å². The molecule has 12 heavy (non-hydrogen) atoms. The molecule has 0 aromatic heterocycles. The predicted molar refractivity (Wildman–Crippen MR) is 50.0 cm³/mol. The van der Waals surface area contributed by atoms with Crippen molar-refractivity contribution in [2.24, 2.45) is 0 Å². The molecule has 0 amide bonds. The van der Waals surface area contributed by atoms with Crippen molar-refractivity contribution in [2.45, 2.75) is 20.3 Å². The summed E-state index contributed by atoms with van der Waals surface area (Å²) in [6.45, 7) is 3.75. The molecule has 0 aliphatic carbocycles. The number of carboxylic acid groups (broad SMARTS) is 1. The Bertz CT molecular complexity index is 222. The summed E-state index contributed by atoms with van der Waals surface area (Å²) >= 11 is 0. The molecule has 0 radical (unpaired) electrons. The van der Waals surface area contributed by atoms with E-state index in [1.165, 1.54) is 0 Å². The summed E-state index contributed by atoms with van der Waals surface area (Å²) in [5, 5.41) is 8.48. The van der Waals surface area contributed by atoms with Crippen LogP contribution in [0.1, 0.15) is 20.3 Å². The lowest BCUT2D eigenvalue weighted by atomic mass is 10.1. The van der Waals surface area contributed by atoms with Crippen LogP contribution >= 0.6 is 0 Å². The summed E-state index contributed by atoms with van der Waals surface area (Å²) < 4.78 is 0. The fourth-order valence-electron chi connectivity index (χ4n) is 0.722. The van der Waals surface area contributed by atoms with Crippen LogP contribution in [-0.4, -0.2) is 11.1 Å². The first-order valence-electron chi connectivity index (χ1n) is 3.87. The molecule has 2 nitrogen and oxygen atoms in total. The van der Waals surface area contributed by atoms with E-state index in [0.717, 1.165) is 5.57 Å². The lowest BCUT2D eigenvalue weighted by Gasteiger charge is -1.93. The topological polar surface area (TPSA) is 37.3 Å². The van der Waals surface area contributed by atoms with Crippen molar-refractivity contribution in [3.63, 3.8) is 0 Å². The molecule has 0 aliphatic heterocycles. The lowest BCUT2D eigenvalue weighted by Crippen LogP contribution is -1.94. The maximum atomic E-state index is 10.3. The fraction of sp³-hybridized carbons (Fsp3) is 0.300. The van der Waals surface area contributed by atoms with E-state index in [1.54, 1.807) is 12.2 Å². The van der Waals surface area contributed by atoms with Crippen LogP contribution in [0.5, 0.6) is 0 Å². The first-order chi connectivity index (χ1) is 5.70. The molecule has 0 aliphatic rings. The van der Waals surface area contributed by atoms with Gasteiger partial charge in [0.15, 0.2) is 0 Å². The van der Waals surface area contributed by atoms with Gasteiger partial charge in [-0.1, -0.05) is 30.4 Å². The third-order valence-corrected chi connectivity index (χ3v) is 1.34. The van der Waals surface area contributed by atoms with E-state index in [-0.39, 0.29) is 6.42 Å². The molecular weight excluding hydrogens is 152 g/mol. The van der Waals surface area contributed by atoms with Gasteiger partial charge < -0.3 is 5.11 Å². The van der Waals surface area contributed by atoms with Crippen molar-refractivity contribution in [1.82, 2.24) is 0 Å². The molecule has 0 fully saturated rings. The zero-order valence-electron chi connectivity index (χ0n) is 7.45. The van der Waals surface area contributed by atoms with Crippen LogP contribution in [0.3, 0.4) is 0 Å². The summed E-state index contributed by atoms with van der Waals surface area (Å²) in [4.78, 5) is 10.3. The van der Waals surface area contributed by atoms with E-state index < -0.39 is 5.97 Å². The Hall–Kier alpha value is -1.31. The molecular formula is C10H14O2. The van der Waals surface area contributed by atoms with Gasteiger partial charge in [0, 0.05) is 0 Å². The van der Waals surface area contributed by atoms with Crippen LogP contribution in [0.4, 0.5) is 0 Å². The number of carbonyl (C=O) groups is 1. The Morgan fingerprint density at radius 3 is 2.42 bits per heavy atom.